The number of halogens is 2. The first kappa shape index (κ1) is 41.2. The molecule has 0 nitrogen and oxygen atoms in total. The van der Waals surface area contributed by atoms with E-state index in [2.05, 4.69) is 156 Å². The zero-order chi connectivity index (χ0) is 30.6. The Bertz CT molecular complexity index is 1100. The van der Waals surface area contributed by atoms with Crippen molar-refractivity contribution in [2.24, 2.45) is 0 Å². The molecule has 3 aromatic carbocycles. The van der Waals surface area contributed by atoms with E-state index in [1.165, 1.54) is 15.9 Å². The van der Waals surface area contributed by atoms with Gasteiger partial charge < -0.3 is 12.4 Å². The van der Waals surface area contributed by atoms with Gasteiger partial charge in [-0.2, -0.15) is 0 Å². The van der Waals surface area contributed by atoms with Gasteiger partial charge in [0.15, 0.2) is 0 Å². The standard InChI is InChI=1S/C36H54FP3Si.Au.ClH/c1-25(2)38(26(3)4)31-19-13-16-22-34(31)41(37,35-23-17-14-20-32(35)39(27(5)6)28(7)8)36-24-18-15-21-33(36)40(29(9)10)30(11)12;;/h13-30H,1-12H3;;1H/q;+1;/p+2. The van der Waals surface area contributed by atoms with Gasteiger partial charge in [-0.1, -0.05) is 54.6 Å². The Morgan fingerprint density at radius 2 is 0.605 bits per heavy atom. The minimum Gasteiger partial charge on any atom is -1.00 e. The molecule has 0 aliphatic heterocycles. The molecule has 0 amide bonds. The minimum absolute atomic E-state index is 0. The van der Waals surface area contributed by atoms with Crippen molar-refractivity contribution in [2.75, 3.05) is 0 Å². The molecule has 0 spiro atoms. The molecule has 0 saturated carbocycles. The summed E-state index contributed by atoms with van der Waals surface area (Å²) in [6.07, 6.45) is 0. The first-order valence-corrected chi connectivity index (χ1v) is 22.7. The second-order valence-corrected chi connectivity index (χ2v) is 27.8. The van der Waals surface area contributed by atoms with Crippen molar-refractivity contribution in [2.45, 2.75) is 117 Å². The van der Waals surface area contributed by atoms with Crippen LogP contribution in [0, 0.1) is 0 Å². The number of rotatable bonds is 12. The fourth-order valence-corrected chi connectivity index (χ4v) is 23.2. The summed E-state index contributed by atoms with van der Waals surface area (Å²) in [5.74, 6) is 0. The fraction of sp³-hybridized carbons (Fsp3) is 0.500. The largest absolute Gasteiger partial charge is 1.00 e. The van der Waals surface area contributed by atoms with Crippen LogP contribution >= 0.6 is 23.8 Å². The van der Waals surface area contributed by atoms with E-state index in [0.29, 0.717) is 34.0 Å². The average molecular weight is 862 g/mol. The summed E-state index contributed by atoms with van der Waals surface area (Å²) in [5.41, 5.74) is 3.18. The van der Waals surface area contributed by atoms with Crippen LogP contribution in [0.3, 0.4) is 0 Å². The molecule has 0 saturated heterocycles. The SMILES string of the molecule is CC(C)[PH+](c1ccccc1[Si](F)(c1ccccc1[PH+](C(C)C)C(C)C)c1ccccc1[PH+](C(C)C)C(C)C)C(C)C.[Au+].[Cl-]. The van der Waals surface area contributed by atoms with E-state index in [1.807, 2.05) is 0 Å². The molecule has 0 aliphatic rings. The minimum atomic E-state index is -3.90. The zero-order valence-corrected chi connectivity index (χ0v) is 35.4. The maximum absolute atomic E-state index is 19.6. The molecule has 3 aromatic rings. The third-order valence-electron chi connectivity index (χ3n) is 8.56. The first-order chi connectivity index (χ1) is 19.2. The molecular formula is C36H57AuClFP3Si+3. The molecular weight excluding hydrogens is 805 g/mol. The van der Waals surface area contributed by atoms with E-state index < -0.39 is 32.2 Å². The van der Waals surface area contributed by atoms with Gasteiger partial charge in [0.05, 0.1) is 49.9 Å². The maximum atomic E-state index is 19.6. The molecule has 7 heteroatoms. The van der Waals surface area contributed by atoms with Crippen LogP contribution in [0.5, 0.6) is 0 Å². The van der Waals surface area contributed by atoms with Gasteiger partial charge in [-0.3, -0.25) is 4.11 Å². The summed E-state index contributed by atoms with van der Waals surface area (Å²) >= 11 is 0. The van der Waals surface area contributed by atoms with Gasteiger partial charge >= 0.3 is 30.8 Å². The zero-order valence-electron chi connectivity index (χ0n) is 28.4. The molecule has 0 atom stereocenters. The molecule has 0 heterocycles. The van der Waals surface area contributed by atoms with E-state index in [4.69, 9.17) is 0 Å². The van der Waals surface area contributed by atoms with Gasteiger partial charge in [0.25, 0.3) is 0 Å². The average Bonchev–Trinajstić information content (AvgIpc) is 2.88. The topological polar surface area (TPSA) is 0 Å². The molecule has 43 heavy (non-hydrogen) atoms. The van der Waals surface area contributed by atoms with Crippen molar-refractivity contribution in [3.8, 4) is 0 Å². The Labute approximate surface area is 290 Å². The normalized spacial score (nSPS) is 12.4. The molecule has 0 aromatic heterocycles. The van der Waals surface area contributed by atoms with Gasteiger partial charge in [0, 0.05) is 39.3 Å². The number of benzene rings is 3. The molecule has 0 bridgehead atoms. The van der Waals surface area contributed by atoms with Crippen molar-refractivity contribution in [3.05, 3.63) is 72.8 Å². The van der Waals surface area contributed by atoms with E-state index in [9.17, 15) is 0 Å². The third-order valence-corrected chi connectivity index (χ3v) is 23.5. The second kappa shape index (κ2) is 17.9. The molecule has 3 rings (SSSR count). The van der Waals surface area contributed by atoms with Crippen molar-refractivity contribution >= 4 is 63.6 Å². The predicted molar refractivity (Wildman–Crippen MR) is 200 cm³/mol. The third kappa shape index (κ3) is 8.94. The van der Waals surface area contributed by atoms with Crippen LogP contribution in [-0.4, -0.2) is 42.4 Å². The van der Waals surface area contributed by atoms with Crippen LogP contribution < -0.4 is 43.9 Å². The predicted octanol–water partition coefficient (Wildman–Crippen LogP) is 4.59. The van der Waals surface area contributed by atoms with Crippen LogP contribution in [0.2, 0.25) is 0 Å². The summed E-state index contributed by atoms with van der Waals surface area (Å²) < 4.78 is 19.6. The summed E-state index contributed by atoms with van der Waals surface area (Å²) in [6, 6.07) is 26.3. The van der Waals surface area contributed by atoms with Crippen LogP contribution in [0.4, 0.5) is 4.11 Å². The molecule has 0 unspecified atom stereocenters. The van der Waals surface area contributed by atoms with Gasteiger partial charge in [0.2, 0.25) is 0 Å². The number of hydrogen-bond acceptors (Lipinski definition) is 0. The van der Waals surface area contributed by atoms with Crippen molar-refractivity contribution in [1.29, 1.82) is 0 Å². The van der Waals surface area contributed by atoms with Crippen LogP contribution in [0.15, 0.2) is 72.8 Å². The van der Waals surface area contributed by atoms with E-state index in [-0.39, 0.29) is 34.8 Å². The van der Waals surface area contributed by atoms with Gasteiger partial charge in [-0.05, 0) is 101 Å². The monoisotopic (exact) mass is 861 g/mol. The summed E-state index contributed by atoms with van der Waals surface area (Å²) in [6.45, 7) is 28.2. The Morgan fingerprint density at radius 3 is 0.791 bits per heavy atom. The van der Waals surface area contributed by atoms with Gasteiger partial charge in [-0.15, -0.1) is 0 Å². The quantitative estimate of drug-likeness (QED) is 0.108. The van der Waals surface area contributed by atoms with Crippen molar-refractivity contribution < 1.29 is 38.9 Å². The molecule has 0 fully saturated rings. The van der Waals surface area contributed by atoms with Crippen LogP contribution in [-0.2, 0) is 22.4 Å². The maximum Gasteiger partial charge on any atom is 1.00 e. The molecule has 0 N–H and O–H groups in total. The molecule has 242 valence electrons. The first-order valence-electron chi connectivity index (χ1n) is 15.8. The molecule has 0 aliphatic carbocycles. The Hall–Kier alpha value is 0.127. The van der Waals surface area contributed by atoms with Gasteiger partial charge in [0.1, 0.15) is 0 Å². The van der Waals surface area contributed by atoms with Crippen LogP contribution in [0.25, 0.3) is 0 Å². The summed E-state index contributed by atoms with van der Waals surface area (Å²) in [7, 11) is -6.90. The fourth-order valence-electron chi connectivity index (χ4n) is 7.41. The van der Waals surface area contributed by atoms with Crippen molar-refractivity contribution in [1.82, 2.24) is 0 Å². The Morgan fingerprint density at radius 1 is 0.419 bits per heavy atom. The van der Waals surface area contributed by atoms with E-state index >= 15 is 4.11 Å². The molecule has 0 radical (unpaired) electrons. The smallest absolute Gasteiger partial charge is 1.00 e. The van der Waals surface area contributed by atoms with Crippen molar-refractivity contribution in [3.63, 3.8) is 0 Å². The second-order valence-electron chi connectivity index (χ2n) is 13.6. The summed E-state index contributed by atoms with van der Waals surface area (Å²) in [5, 5.41) is 7.06. The number of hydrogen-bond donors (Lipinski definition) is 0. The summed E-state index contributed by atoms with van der Waals surface area (Å²) in [4.78, 5) is 0. The van der Waals surface area contributed by atoms with Crippen LogP contribution in [0.1, 0.15) is 83.1 Å². The van der Waals surface area contributed by atoms with E-state index in [0.717, 1.165) is 15.6 Å². The van der Waals surface area contributed by atoms with Gasteiger partial charge in [-0.25, -0.2) is 0 Å². The van der Waals surface area contributed by atoms with E-state index in [1.54, 1.807) is 0 Å². The Kier molecular flexibility index (Phi) is 17.1. The Balaban J connectivity index is 0.00000462.